The molecule has 0 bridgehead atoms. The first kappa shape index (κ1) is 18.3. The van der Waals surface area contributed by atoms with Crippen LogP contribution in [0.15, 0.2) is 10.7 Å². The van der Waals surface area contributed by atoms with Crippen molar-refractivity contribution >= 4 is 45.0 Å². The van der Waals surface area contributed by atoms with Crippen LogP contribution < -0.4 is 5.32 Å². The van der Waals surface area contributed by atoms with E-state index >= 15 is 0 Å². The summed E-state index contributed by atoms with van der Waals surface area (Å²) in [6.45, 7) is 5.44. The van der Waals surface area contributed by atoms with Gasteiger partial charge in [0.05, 0.1) is 15.9 Å². The molecule has 0 saturated heterocycles. The number of nitrogens with one attached hydrogen (secondary N) is 1. The highest BCUT2D eigenvalue weighted by Crippen LogP contribution is 2.24. The maximum absolute atomic E-state index is 11.8. The van der Waals surface area contributed by atoms with Crippen molar-refractivity contribution < 1.29 is 4.79 Å². The molecule has 2 heterocycles. The molecule has 0 saturated carbocycles. The molecule has 2 rings (SSSR count). The fourth-order valence-corrected chi connectivity index (χ4v) is 2.76. The van der Waals surface area contributed by atoms with E-state index in [1.165, 1.54) is 0 Å². The number of hydrogen-bond donors (Lipinski definition) is 1. The Labute approximate surface area is 153 Å². The van der Waals surface area contributed by atoms with E-state index in [4.69, 9.17) is 23.2 Å². The molecule has 1 amide bonds. The molecular weight excluding hydrogens is 405 g/mol. The minimum Gasteiger partial charge on any atom is -0.356 e. The normalized spacial score (nSPS) is 11.0. The van der Waals surface area contributed by atoms with Crippen molar-refractivity contribution in [2.24, 2.45) is 0 Å². The van der Waals surface area contributed by atoms with Gasteiger partial charge in [0, 0.05) is 32.3 Å². The van der Waals surface area contributed by atoms with Crippen LogP contribution in [0.4, 0.5) is 0 Å². The molecular formula is C14H18BrCl2N5O. The van der Waals surface area contributed by atoms with Crippen LogP contribution in [0.25, 0.3) is 0 Å². The highest BCUT2D eigenvalue weighted by atomic mass is 79.9. The molecule has 0 aromatic carbocycles. The van der Waals surface area contributed by atoms with E-state index in [0.29, 0.717) is 41.9 Å². The smallest absolute Gasteiger partial charge is 0.221 e. The van der Waals surface area contributed by atoms with Gasteiger partial charge in [0.1, 0.15) is 10.2 Å². The van der Waals surface area contributed by atoms with Crippen LogP contribution in [0.2, 0.25) is 10.2 Å². The lowest BCUT2D eigenvalue weighted by Crippen LogP contribution is -2.26. The SMILES string of the molecule is Cc1nn(CCC(=O)NCCCn2nc(C)c(Cl)c2Cl)cc1Br. The second-order valence-electron chi connectivity index (χ2n) is 5.19. The monoisotopic (exact) mass is 421 g/mol. The zero-order chi connectivity index (χ0) is 17.0. The van der Waals surface area contributed by atoms with Gasteiger partial charge in [-0.3, -0.25) is 14.2 Å². The second-order valence-corrected chi connectivity index (χ2v) is 6.78. The molecule has 0 aliphatic heterocycles. The second kappa shape index (κ2) is 8.17. The Kier molecular flexibility index (Phi) is 6.50. The van der Waals surface area contributed by atoms with E-state index in [9.17, 15) is 4.79 Å². The van der Waals surface area contributed by atoms with Gasteiger partial charge in [-0.15, -0.1) is 0 Å². The summed E-state index contributed by atoms with van der Waals surface area (Å²) in [5.74, 6) is -0.00458. The minimum absolute atomic E-state index is 0.00458. The molecule has 9 heteroatoms. The van der Waals surface area contributed by atoms with Gasteiger partial charge < -0.3 is 5.32 Å². The number of nitrogens with zero attached hydrogens (tertiary/aromatic N) is 4. The Morgan fingerprint density at radius 2 is 2.00 bits per heavy atom. The van der Waals surface area contributed by atoms with E-state index in [1.807, 2.05) is 20.0 Å². The molecule has 23 heavy (non-hydrogen) atoms. The molecule has 2 aromatic rings. The van der Waals surface area contributed by atoms with Gasteiger partial charge in [-0.2, -0.15) is 10.2 Å². The zero-order valence-electron chi connectivity index (χ0n) is 12.9. The molecule has 126 valence electrons. The Hall–Kier alpha value is -1.05. The van der Waals surface area contributed by atoms with Gasteiger partial charge in [-0.05, 0) is 36.2 Å². The van der Waals surface area contributed by atoms with E-state index < -0.39 is 0 Å². The maximum Gasteiger partial charge on any atom is 0.221 e. The summed E-state index contributed by atoms with van der Waals surface area (Å²) in [4.78, 5) is 11.8. The van der Waals surface area contributed by atoms with E-state index in [-0.39, 0.29) is 5.91 Å². The summed E-state index contributed by atoms with van der Waals surface area (Å²) in [6, 6.07) is 0. The number of hydrogen-bond acceptors (Lipinski definition) is 3. The average molecular weight is 423 g/mol. The Morgan fingerprint density at radius 3 is 2.57 bits per heavy atom. The molecule has 0 radical (unpaired) electrons. The first-order valence-corrected chi connectivity index (χ1v) is 8.78. The predicted octanol–water partition coefficient (Wildman–Crippen LogP) is 3.36. The topological polar surface area (TPSA) is 64.7 Å². The molecule has 0 fully saturated rings. The fourth-order valence-electron chi connectivity index (χ4n) is 2.05. The number of rotatable bonds is 7. The Balaban J connectivity index is 1.67. The van der Waals surface area contributed by atoms with Crippen molar-refractivity contribution in [1.82, 2.24) is 24.9 Å². The third-order valence-electron chi connectivity index (χ3n) is 3.32. The summed E-state index contributed by atoms with van der Waals surface area (Å²) in [5.41, 5.74) is 1.62. The number of carbonyl (C=O) groups excluding carboxylic acids is 1. The Bertz CT molecular complexity index is 678. The first-order valence-electron chi connectivity index (χ1n) is 7.23. The van der Waals surface area contributed by atoms with Gasteiger partial charge >= 0.3 is 0 Å². The minimum atomic E-state index is -0.00458. The highest BCUT2D eigenvalue weighted by Gasteiger charge is 2.10. The van der Waals surface area contributed by atoms with E-state index in [0.717, 1.165) is 16.6 Å². The molecule has 1 N–H and O–H groups in total. The summed E-state index contributed by atoms with van der Waals surface area (Å²) in [7, 11) is 0. The lowest BCUT2D eigenvalue weighted by atomic mass is 10.3. The molecule has 0 aliphatic rings. The van der Waals surface area contributed by atoms with Crippen molar-refractivity contribution in [2.75, 3.05) is 6.54 Å². The first-order chi connectivity index (χ1) is 10.9. The summed E-state index contributed by atoms with van der Waals surface area (Å²) >= 11 is 15.4. The lowest BCUT2D eigenvalue weighted by molar-refractivity contribution is -0.121. The van der Waals surface area contributed by atoms with Crippen LogP contribution in [0.5, 0.6) is 0 Å². The summed E-state index contributed by atoms with van der Waals surface area (Å²) < 4.78 is 4.35. The van der Waals surface area contributed by atoms with Crippen molar-refractivity contribution in [3.05, 3.63) is 32.2 Å². The van der Waals surface area contributed by atoms with Crippen LogP contribution in [0.3, 0.4) is 0 Å². The van der Waals surface area contributed by atoms with Gasteiger partial charge in [0.25, 0.3) is 0 Å². The number of amides is 1. The van der Waals surface area contributed by atoms with Gasteiger partial charge in [0.15, 0.2) is 0 Å². The van der Waals surface area contributed by atoms with Crippen molar-refractivity contribution in [3.8, 4) is 0 Å². The summed E-state index contributed by atoms with van der Waals surface area (Å²) in [6.07, 6.45) is 2.99. The lowest BCUT2D eigenvalue weighted by Gasteiger charge is -2.06. The number of aromatic nitrogens is 4. The number of carbonyl (C=O) groups is 1. The van der Waals surface area contributed by atoms with Crippen molar-refractivity contribution in [3.63, 3.8) is 0 Å². The predicted molar refractivity (Wildman–Crippen MR) is 93.9 cm³/mol. The largest absolute Gasteiger partial charge is 0.356 e. The quantitative estimate of drug-likeness (QED) is 0.695. The fraction of sp³-hybridized carbons (Fsp3) is 0.500. The van der Waals surface area contributed by atoms with Gasteiger partial charge in [-0.25, -0.2) is 0 Å². The Morgan fingerprint density at radius 1 is 1.26 bits per heavy atom. The molecule has 0 spiro atoms. The average Bonchev–Trinajstić information content (AvgIpc) is 2.96. The van der Waals surface area contributed by atoms with Gasteiger partial charge in [-0.1, -0.05) is 23.2 Å². The molecule has 0 unspecified atom stereocenters. The van der Waals surface area contributed by atoms with Crippen LogP contribution in [-0.2, 0) is 17.9 Å². The van der Waals surface area contributed by atoms with Crippen LogP contribution in [-0.4, -0.2) is 32.0 Å². The van der Waals surface area contributed by atoms with Gasteiger partial charge in [0.2, 0.25) is 5.91 Å². The molecule has 0 atom stereocenters. The third-order valence-corrected chi connectivity index (χ3v) is 5.03. The molecule has 6 nitrogen and oxygen atoms in total. The highest BCUT2D eigenvalue weighted by molar-refractivity contribution is 9.10. The maximum atomic E-state index is 11.8. The standard InChI is InChI=1S/C14H18BrCl2N5O/c1-9-11(15)8-21(19-9)7-4-12(23)18-5-3-6-22-14(17)13(16)10(2)20-22/h8H,3-7H2,1-2H3,(H,18,23). The third kappa shape index (κ3) is 4.96. The number of halogens is 3. The zero-order valence-corrected chi connectivity index (χ0v) is 16.0. The number of aryl methyl sites for hydroxylation is 4. The van der Waals surface area contributed by atoms with E-state index in [1.54, 1.807) is 9.36 Å². The van der Waals surface area contributed by atoms with Crippen LogP contribution in [0, 0.1) is 13.8 Å². The summed E-state index contributed by atoms with van der Waals surface area (Å²) in [5, 5.41) is 12.3. The van der Waals surface area contributed by atoms with E-state index in [2.05, 4.69) is 31.4 Å². The van der Waals surface area contributed by atoms with Crippen molar-refractivity contribution in [2.45, 2.75) is 39.8 Å². The van der Waals surface area contributed by atoms with Crippen molar-refractivity contribution in [1.29, 1.82) is 0 Å². The molecule has 0 aliphatic carbocycles. The van der Waals surface area contributed by atoms with Crippen LogP contribution >= 0.6 is 39.1 Å². The molecule has 2 aromatic heterocycles. The van der Waals surface area contributed by atoms with Crippen LogP contribution in [0.1, 0.15) is 24.2 Å².